The van der Waals surface area contributed by atoms with E-state index in [1.54, 1.807) is 5.56 Å². The van der Waals surface area contributed by atoms with Crippen molar-refractivity contribution in [2.45, 2.75) is 70.1 Å². The molecule has 1 atom stereocenters. The van der Waals surface area contributed by atoms with E-state index in [0.717, 1.165) is 23.7 Å². The van der Waals surface area contributed by atoms with E-state index in [1.807, 2.05) is 0 Å². The molecule has 0 spiro atoms. The topological polar surface area (TPSA) is 0 Å². The van der Waals surface area contributed by atoms with Crippen molar-refractivity contribution in [1.29, 1.82) is 0 Å². The zero-order valence-electron chi connectivity index (χ0n) is 15.3. The third-order valence-corrected chi connectivity index (χ3v) is 7.12. The second-order valence-electron chi connectivity index (χ2n) is 8.16. The highest BCUT2D eigenvalue weighted by Gasteiger charge is 2.30. The average Bonchev–Trinajstić information content (AvgIpc) is 2.67. The highest BCUT2D eigenvalue weighted by Crippen LogP contribution is 2.44. The Morgan fingerprint density at radius 2 is 1.46 bits per heavy atom. The van der Waals surface area contributed by atoms with Crippen molar-refractivity contribution < 1.29 is 0 Å². The smallest absolute Gasteiger partial charge is 0.0162 e. The second kappa shape index (κ2) is 9.19. The molecular formula is C23H35P. The Morgan fingerprint density at radius 1 is 0.875 bits per heavy atom. The summed E-state index contributed by atoms with van der Waals surface area (Å²) in [5.74, 6) is 3.65. The van der Waals surface area contributed by atoms with Gasteiger partial charge < -0.3 is 0 Å². The lowest BCUT2D eigenvalue weighted by Crippen LogP contribution is -2.25. The average molecular weight is 343 g/mol. The van der Waals surface area contributed by atoms with Gasteiger partial charge in [0.2, 0.25) is 0 Å². The van der Waals surface area contributed by atoms with Crippen LogP contribution >= 0.6 is 9.24 Å². The highest BCUT2D eigenvalue weighted by molar-refractivity contribution is 7.16. The molecule has 2 aliphatic carbocycles. The number of aryl methyl sites for hydroxylation is 1. The lowest BCUT2D eigenvalue weighted by Gasteiger charge is -2.37. The maximum Gasteiger partial charge on any atom is -0.0162 e. The summed E-state index contributed by atoms with van der Waals surface area (Å²) >= 11 is 0. The highest BCUT2D eigenvalue weighted by atomic mass is 31.0. The molecule has 2 saturated carbocycles. The summed E-state index contributed by atoms with van der Waals surface area (Å²) in [5.41, 5.74) is 3.10. The van der Waals surface area contributed by atoms with Crippen LogP contribution in [0.25, 0.3) is 0 Å². The second-order valence-corrected chi connectivity index (χ2v) is 8.73. The van der Waals surface area contributed by atoms with Crippen molar-refractivity contribution in [3.05, 3.63) is 48.0 Å². The largest absolute Gasteiger partial charge is 0.138 e. The molecule has 2 aliphatic rings. The predicted molar refractivity (Wildman–Crippen MR) is 110 cm³/mol. The van der Waals surface area contributed by atoms with Gasteiger partial charge in [-0.3, -0.25) is 0 Å². The van der Waals surface area contributed by atoms with Crippen molar-refractivity contribution in [2.75, 3.05) is 6.16 Å². The van der Waals surface area contributed by atoms with Crippen LogP contribution in [0.4, 0.5) is 0 Å². The first-order chi connectivity index (χ1) is 11.8. The molecule has 0 bridgehead atoms. The van der Waals surface area contributed by atoms with E-state index in [1.165, 1.54) is 75.9 Å². The standard InChI is InChI=1S/C23H35P/c1-2-18-5-9-20(10-6-18)22-13-15-23(16-14-22)21-11-7-19(8-12-21)4-3-17-24/h2,7-8,11-12,18,20,22-23H,1,3-6,9-10,13-17,24H2. The van der Waals surface area contributed by atoms with E-state index in [0.29, 0.717) is 0 Å². The molecule has 2 fully saturated rings. The van der Waals surface area contributed by atoms with Gasteiger partial charge in [-0.15, -0.1) is 15.8 Å². The quantitative estimate of drug-likeness (QED) is 0.396. The zero-order chi connectivity index (χ0) is 16.8. The molecule has 3 rings (SSSR count). The monoisotopic (exact) mass is 342 g/mol. The Kier molecular flexibility index (Phi) is 6.96. The van der Waals surface area contributed by atoms with Gasteiger partial charge in [0.15, 0.2) is 0 Å². The van der Waals surface area contributed by atoms with Gasteiger partial charge in [0, 0.05) is 0 Å². The van der Waals surface area contributed by atoms with Gasteiger partial charge in [0.1, 0.15) is 0 Å². The first kappa shape index (κ1) is 18.2. The molecule has 0 nitrogen and oxygen atoms in total. The number of hydrogen-bond donors (Lipinski definition) is 0. The van der Waals surface area contributed by atoms with Gasteiger partial charge in [-0.25, -0.2) is 0 Å². The molecule has 1 heteroatoms. The summed E-state index contributed by atoms with van der Waals surface area (Å²) in [5, 5.41) is 0. The number of benzene rings is 1. The summed E-state index contributed by atoms with van der Waals surface area (Å²) in [6, 6.07) is 9.58. The summed E-state index contributed by atoms with van der Waals surface area (Å²) < 4.78 is 0. The minimum Gasteiger partial charge on any atom is -0.138 e. The van der Waals surface area contributed by atoms with Crippen LogP contribution in [0.2, 0.25) is 0 Å². The minimum atomic E-state index is 0.808. The third-order valence-electron chi connectivity index (χ3n) is 6.71. The summed E-state index contributed by atoms with van der Waals surface area (Å²) in [6.45, 7) is 3.99. The molecule has 0 amide bonds. The lowest BCUT2D eigenvalue weighted by atomic mass is 9.68. The lowest BCUT2D eigenvalue weighted by molar-refractivity contribution is 0.171. The van der Waals surface area contributed by atoms with Gasteiger partial charge >= 0.3 is 0 Å². The van der Waals surface area contributed by atoms with Crippen LogP contribution in [0.15, 0.2) is 36.9 Å². The molecule has 0 N–H and O–H groups in total. The molecule has 1 aromatic carbocycles. The van der Waals surface area contributed by atoms with Crippen molar-refractivity contribution >= 4 is 9.24 Å². The Hall–Kier alpha value is -0.610. The van der Waals surface area contributed by atoms with E-state index in [2.05, 4.69) is 46.2 Å². The molecule has 1 aromatic rings. The maximum atomic E-state index is 3.99. The Morgan fingerprint density at radius 3 is 2.00 bits per heavy atom. The van der Waals surface area contributed by atoms with Crippen LogP contribution in [0, 0.1) is 17.8 Å². The summed E-state index contributed by atoms with van der Waals surface area (Å²) in [4.78, 5) is 0. The van der Waals surface area contributed by atoms with E-state index in [9.17, 15) is 0 Å². The molecule has 0 aliphatic heterocycles. The molecule has 0 heterocycles. The molecule has 0 radical (unpaired) electrons. The van der Waals surface area contributed by atoms with Crippen LogP contribution in [-0.2, 0) is 6.42 Å². The summed E-state index contributed by atoms with van der Waals surface area (Å²) in [7, 11) is 2.83. The van der Waals surface area contributed by atoms with Crippen molar-refractivity contribution in [3.8, 4) is 0 Å². The SMILES string of the molecule is C=CC1CCC(C2CCC(c3ccc(CCCP)cc3)CC2)CC1. The number of allylic oxidation sites excluding steroid dienone is 1. The van der Waals surface area contributed by atoms with Crippen LogP contribution in [0.3, 0.4) is 0 Å². The van der Waals surface area contributed by atoms with Gasteiger partial charge in [-0.05, 0) is 105 Å². The van der Waals surface area contributed by atoms with Crippen LogP contribution in [0.5, 0.6) is 0 Å². The third kappa shape index (κ3) is 4.72. The van der Waals surface area contributed by atoms with Crippen molar-refractivity contribution in [3.63, 3.8) is 0 Å². The Balaban J connectivity index is 1.47. The molecule has 1 unspecified atom stereocenters. The first-order valence-electron chi connectivity index (χ1n) is 10.2. The van der Waals surface area contributed by atoms with E-state index in [-0.39, 0.29) is 0 Å². The van der Waals surface area contributed by atoms with Gasteiger partial charge in [0.05, 0.1) is 0 Å². The van der Waals surface area contributed by atoms with E-state index in [4.69, 9.17) is 0 Å². The predicted octanol–water partition coefficient (Wildman–Crippen LogP) is 6.76. The Bertz CT molecular complexity index is 487. The normalized spacial score (nSPS) is 30.9. The summed E-state index contributed by atoms with van der Waals surface area (Å²) in [6.07, 6.45) is 17.4. The fraction of sp³-hybridized carbons (Fsp3) is 0.652. The fourth-order valence-corrected chi connectivity index (χ4v) is 5.24. The van der Waals surface area contributed by atoms with Crippen molar-refractivity contribution in [1.82, 2.24) is 0 Å². The van der Waals surface area contributed by atoms with Crippen LogP contribution in [0.1, 0.15) is 74.8 Å². The minimum absolute atomic E-state index is 0.808. The molecule has 24 heavy (non-hydrogen) atoms. The zero-order valence-corrected chi connectivity index (χ0v) is 16.4. The van der Waals surface area contributed by atoms with Gasteiger partial charge in [0.25, 0.3) is 0 Å². The molecular weight excluding hydrogens is 307 g/mol. The number of rotatable bonds is 6. The molecule has 0 saturated heterocycles. The molecule has 0 aromatic heterocycles. The molecule has 132 valence electrons. The van der Waals surface area contributed by atoms with E-state index < -0.39 is 0 Å². The number of hydrogen-bond acceptors (Lipinski definition) is 0. The van der Waals surface area contributed by atoms with Crippen molar-refractivity contribution in [2.24, 2.45) is 17.8 Å². The van der Waals surface area contributed by atoms with Gasteiger partial charge in [-0.1, -0.05) is 30.3 Å². The van der Waals surface area contributed by atoms with Crippen LogP contribution in [-0.4, -0.2) is 6.16 Å². The fourth-order valence-electron chi connectivity index (χ4n) is 5.04. The van der Waals surface area contributed by atoms with E-state index >= 15 is 0 Å². The Labute approximate surface area is 151 Å². The van der Waals surface area contributed by atoms with Gasteiger partial charge in [-0.2, -0.15) is 0 Å². The first-order valence-corrected chi connectivity index (χ1v) is 11.0. The maximum absolute atomic E-state index is 3.99. The van der Waals surface area contributed by atoms with Crippen LogP contribution < -0.4 is 0 Å².